The first kappa shape index (κ1) is 21.5. The Balaban J connectivity index is 1.10. The van der Waals surface area contributed by atoms with Crippen molar-refractivity contribution >= 4 is 55.8 Å². The fourth-order valence-corrected chi connectivity index (χ4v) is 6.26. The van der Waals surface area contributed by atoms with Crippen LogP contribution in [-0.2, 0) is 4.79 Å². The van der Waals surface area contributed by atoms with Gasteiger partial charge in [-0.15, -0.1) is 10.2 Å². The van der Waals surface area contributed by atoms with Gasteiger partial charge in [-0.1, -0.05) is 23.1 Å². The average Bonchev–Trinajstić information content (AvgIpc) is 3.62. The molecular weight excluding hydrogens is 475 g/mol. The van der Waals surface area contributed by atoms with Crippen LogP contribution in [0.4, 0.5) is 15.2 Å². The van der Waals surface area contributed by atoms with Crippen molar-refractivity contribution < 1.29 is 9.18 Å². The summed E-state index contributed by atoms with van der Waals surface area (Å²) >= 11 is 2.98. The number of rotatable bonds is 5. The molecule has 1 amide bonds. The lowest BCUT2D eigenvalue weighted by Crippen LogP contribution is -2.49. The third-order valence-corrected chi connectivity index (χ3v) is 8.32. The van der Waals surface area contributed by atoms with Crippen molar-refractivity contribution in [2.75, 3.05) is 54.8 Å². The zero-order valence-corrected chi connectivity index (χ0v) is 20.1. The predicted octanol–water partition coefficient (Wildman–Crippen LogP) is 2.91. The largest absolute Gasteiger partial charge is 0.368 e. The highest BCUT2D eigenvalue weighted by atomic mass is 32.2. The molecule has 0 radical (unpaired) electrons. The molecule has 0 N–H and O–H groups in total. The number of hydrogen-bond acceptors (Lipinski definition) is 9. The smallest absolute Gasteiger partial charge is 0.233 e. The second-order valence-corrected chi connectivity index (χ2v) is 10.3. The van der Waals surface area contributed by atoms with Gasteiger partial charge in [-0.05, 0) is 37.1 Å². The van der Waals surface area contributed by atoms with Crippen LogP contribution in [0.1, 0.15) is 12.8 Å². The van der Waals surface area contributed by atoms with Crippen LogP contribution >= 0.6 is 23.1 Å². The van der Waals surface area contributed by atoms with E-state index in [1.54, 1.807) is 29.8 Å². The number of thiazole rings is 1. The Bertz CT molecular complexity index is 1330. The van der Waals surface area contributed by atoms with Crippen LogP contribution in [0, 0.1) is 5.82 Å². The number of halogens is 1. The van der Waals surface area contributed by atoms with Gasteiger partial charge in [-0.2, -0.15) is 4.98 Å². The van der Waals surface area contributed by atoms with Crippen molar-refractivity contribution in [1.29, 1.82) is 0 Å². The number of anilines is 2. The SMILES string of the molecule is O=C(CSc1nnc2c3sc(N4CCCC4)nc3ncn12)N1CCN(c2ccc(F)cc2)CC1. The molecule has 2 aliphatic heterocycles. The molecule has 5 heterocycles. The van der Waals surface area contributed by atoms with Crippen LogP contribution in [0.25, 0.3) is 16.0 Å². The first-order valence-corrected chi connectivity index (χ1v) is 13.1. The second kappa shape index (κ2) is 8.99. The quantitative estimate of drug-likeness (QED) is 0.389. The normalized spacial score (nSPS) is 16.8. The number of thioether (sulfide) groups is 1. The predicted molar refractivity (Wildman–Crippen MR) is 131 cm³/mol. The Morgan fingerprint density at radius 2 is 1.76 bits per heavy atom. The number of aromatic nitrogens is 5. The van der Waals surface area contributed by atoms with Crippen LogP contribution in [0.3, 0.4) is 0 Å². The number of benzene rings is 1. The van der Waals surface area contributed by atoms with Crippen LogP contribution in [0.2, 0.25) is 0 Å². The van der Waals surface area contributed by atoms with E-state index in [1.165, 1.54) is 36.7 Å². The van der Waals surface area contributed by atoms with E-state index < -0.39 is 0 Å². The van der Waals surface area contributed by atoms with E-state index in [-0.39, 0.29) is 17.5 Å². The lowest BCUT2D eigenvalue weighted by Gasteiger charge is -2.36. The van der Waals surface area contributed by atoms with Crippen LogP contribution in [-0.4, -0.2) is 80.4 Å². The fraction of sp³-hybridized carbons (Fsp3) is 0.409. The Morgan fingerprint density at radius 1 is 1.00 bits per heavy atom. The third kappa shape index (κ3) is 4.05. The van der Waals surface area contributed by atoms with Crippen molar-refractivity contribution in [3.05, 3.63) is 36.4 Å². The number of carbonyl (C=O) groups excluding carboxylic acids is 1. The molecule has 9 nitrogen and oxygen atoms in total. The van der Waals surface area contributed by atoms with Crippen molar-refractivity contribution in [3.63, 3.8) is 0 Å². The molecular formula is C22H23FN8OS2. The molecule has 2 saturated heterocycles. The molecule has 0 saturated carbocycles. The number of piperazine rings is 1. The minimum absolute atomic E-state index is 0.0728. The molecule has 2 fully saturated rings. The highest BCUT2D eigenvalue weighted by Gasteiger charge is 2.23. The van der Waals surface area contributed by atoms with Gasteiger partial charge >= 0.3 is 0 Å². The van der Waals surface area contributed by atoms with Gasteiger partial charge in [0.2, 0.25) is 5.91 Å². The van der Waals surface area contributed by atoms with E-state index in [9.17, 15) is 9.18 Å². The summed E-state index contributed by atoms with van der Waals surface area (Å²) in [5.41, 5.74) is 2.40. The molecule has 0 bridgehead atoms. The van der Waals surface area contributed by atoms with Gasteiger partial charge in [0.15, 0.2) is 21.6 Å². The monoisotopic (exact) mass is 498 g/mol. The highest BCUT2D eigenvalue weighted by Crippen LogP contribution is 2.33. The van der Waals surface area contributed by atoms with Gasteiger partial charge in [-0.25, -0.2) is 9.37 Å². The molecule has 1 aromatic carbocycles. The van der Waals surface area contributed by atoms with Gasteiger partial charge in [0.1, 0.15) is 16.8 Å². The minimum Gasteiger partial charge on any atom is -0.368 e. The number of amides is 1. The summed E-state index contributed by atoms with van der Waals surface area (Å²) in [6.45, 7) is 4.79. The minimum atomic E-state index is -0.242. The number of carbonyl (C=O) groups is 1. The maximum atomic E-state index is 13.2. The van der Waals surface area contributed by atoms with Crippen LogP contribution in [0.5, 0.6) is 0 Å². The van der Waals surface area contributed by atoms with E-state index in [4.69, 9.17) is 0 Å². The first-order valence-electron chi connectivity index (χ1n) is 11.3. The summed E-state index contributed by atoms with van der Waals surface area (Å²) in [5, 5.41) is 10.3. The topological polar surface area (TPSA) is 82.8 Å². The molecule has 176 valence electrons. The Labute approximate surface area is 203 Å². The standard InChI is InChI=1S/C22H23FN8OS2/c23-15-3-5-16(6-4-15)28-9-11-29(12-10-28)17(32)13-33-22-27-26-20-18-19(24-14-31(20)22)25-21(34-18)30-7-1-2-8-30/h3-6,14H,1-2,7-13H2. The molecule has 0 unspecified atom stereocenters. The lowest BCUT2D eigenvalue weighted by atomic mass is 10.2. The van der Waals surface area contributed by atoms with Crippen LogP contribution in [0.15, 0.2) is 35.7 Å². The molecule has 0 atom stereocenters. The number of hydrogen-bond donors (Lipinski definition) is 0. The Kier molecular flexibility index (Phi) is 5.69. The average molecular weight is 499 g/mol. The van der Waals surface area contributed by atoms with Gasteiger partial charge in [0, 0.05) is 45.0 Å². The van der Waals surface area contributed by atoms with Gasteiger partial charge in [-0.3, -0.25) is 9.20 Å². The third-order valence-electron chi connectivity index (χ3n) is 6.29. The number of nitrogens with zero attached hydrogens (tertiary/aromatic N) is 8. The maximum absolute atomic E-state index is 13.2. The van der Waals surface area contributed by atoms with Gasteiger partial charge in [0.25, 0.3) is 0 Å². The molecule has 12 heteroatoms. The summed E-state index contributed by atoms with van der Waals surface area (Å²) in [7, 11) is 0. The second-order valence-electron chi connectivity index (χ2n) is 8.40. The molecule has 0 spiro atoms. The molecule has 6 rings (SSSR count). The molecule has 4 aromatic rings. The van der Waals surface area contributed by atoms with Crippen molar-refractivity contribution in [1.82, 2.24) is 29.5 Å². The summed E-state index contributed by atoms with van der Waals surface area (Å²) < 4.78 is 15.9. The van der Waals surface area contributed by atoms with E-state index in [2.05, 4.69) is 30.0 Å². The van der Waals surface area contributed by atoms with Crippen LogP contribution < -0.4 is 9.80 Å². The van der Waals surface area contributed by atoms with E-state index in [0.717, 1.165) is 47.3 Å². The van der Waals surface area contributed by atoms with E-state index in [0.29, 0.717) is 23.9 Å². The van der Waals surface area contributed by atoms with Crippen molar-refractivity contribution in [3.8, 4) is 0 Å². The summed E-state index contributed by atoms with van der Waals surface area (Å²) in [6, 6.07) is 6.49. The fourth-order valence-electron chi connectivity index (χ4n) is 4.41. The molecule has 2 aliphatic rings. The molecule has 34 heavy (non-hydrogen) atoms. The highest BCUT2D eigenvalue weighted by molar-refractivity contribution is 7.99. The summed E-state index contributed by atoms with van der Waals surface area (Å²) in [4.78, 5) is 28.4. The van der Waals surface area contributed by atoms with Gasteiger partial charge in [0.05, 0.1) is 5.75 Å². The summed E-state index contributed by atoms with van der Waals surface area (Å²) in [5.74, 6) is 0.120. The Hall–Kier alpha value is -2.99. The van der Waals surface area contributed by atoms with E-state index >= 15 is 0 Å². The first-order chi connectivity index (χ1) is 16.7. The van der Waals surface area contributed by atoms with Crippen molar-refractivity contribution in [2.24, 2.45) is 0 Å². The Morgan fingerprint density at radius 3 is 2.53 bits per heavy atom. The van der Waals surface area contributed by atoms with Crippen molar-refractivity contribution in [2.45, 2.75) is 18.0 Å². The summed E-state index contributed by atoms with van der Waals surface area (Å²) in [6.07, 6.45) is 4.08. The van der Waals surface area contributed by atoms with E-state index in [1.807, 2.05) is 9.30 Å². The molecule has 3 aromatic heterocycles. The molecule has 0 aliphatic carbocycles. The van der Waals surface area contributed by atoms with Gasteiger partial charge < -0.3 is 14.7 Å². The zero-order chi connectivity index (χ0) is 23.1. The zero-order valence-electron chi connectivity index (χ0n) is 18.4. The number of fused-ring (bicyclic) bond motifs is 3. The lowest BCUT2D eigenvalue weighted by molar-refractivity contribution is -0.128. The maximum Gasteiger partial charge on any atom is 0.233 e.